The lowest BCUT2D eigenvalue weighted by Crippen LogP contribution is -2.37. The van der Waals surface area contributed by atoms with Crippen molar-refractivity contribution in [3.63, 3.8) is 0 Å². The van der Waals surface area contributed by atoms with Crippen molar-refractivity contribution in [3.05, 3.63) is 54.2 Å². The molecule has 1 amide bonds. The third-order valence-corrected chi connectivity index (χ3v) is 4.61. The molecule has 0 radical (unpaired) electrons. The lowest BCUT2D eigenvalue weighted by molar-refractivity contribution is 0.0677. The highest BCUT2D eigenvalue weighted by Crippen LogP contribution is 2.21. The van der Waals surface area contributed by atoms with Crippen LogP contribution in [0.15, 0.2) is 43.0 Å². The molecule has 1 fully saturated rings. The Morgan fingerprint density at radius 1 is 1.28 bits per heavy atom. The number of aliphatic hydroxyl groups is 1. The van der Waals surface area contributed by atoms with Crippen molar-refractivity contribution in [2.75, 3.05) is 13.2 Å². The number of nitrogens with zero attached hydrogens (tertiary/aromatic N) is 5. The largest absolute Gasteiger partial charge is 0.394 e. The zero-order valence-corrected chi connectivity index (χ0v) is 13.7. The molecule has 0 spiro atoms. The van der Waals surface area contributed by atoms with Crippen LogP contribution in [0.2, 0.25) is 0 Å². The van der Waals surface area contributed by atoms with Crippen molar-refractivity contribution in [2.24, 2.45) is 0 Å². The second kappa shape index (κ2) is 6.60. The predicted octanol–water partition coefficient (Wildman–Crippen LogP) is 1.47. The van der Waals surface area contributed by atoms with E-state index in [2.05, 4.69) is 15.0 Å². The van der Waals surface area contributed by atoms with E-state index in [0.29, 0.717) is 24.2 Å². The van der Waals surface area contributed by atoms with E-state index in [1.807, 2.05) is 22.8 Å². The summed E-state index contributed by atoms with van der Waals surface area (Å²) in [5, 5.41) is 9.42. The Labute approximate surface area is 145 Å². The van der Waals surface area contributed by atoms with Crippen LogP contribution < -0.4 is 0 Å². The van der Waals surface area contributed by atoms with E-state index in [4.69, 9.17) is 0 Å². The van der Waals surface area contributed by atoms with Gasteiger partial charge in [0.2, 0.25) is 0 Å². The molecule has 0 aliphatic carbocycles. The van der Waals surface area contributed by atoms with Crippen LogP contribution in [0.3, 0.4) is 0 Å². The maximum absolute atomic E-state index is 12.7. The molecule has 0 saturated carbocycles. The molecular weight excluding hydrogens is 318 g/mol. The van der Waals surface area contributed by atoms with Gasteiger partial charge in [-0.25, -0.2) is 9.97 Å². The molecule has 0 bridgehead atoms. The predicted molar refractivity (Wildman–Crippen MR) is 92.0 cm³/mol. The van der Waals surface area contributed by atoms with Gasteiger partial charge < -0.3 is 14.6 Å². The summed E-state index contributed by atoms with van der Waals surface area (Å²) >= 11 is 0. The Hall–Kier alpha value is -2.80. The Morgan fingerprint density at radius 2 is 2.20 bits per heavy atom. The molecule has 1 aliphatic heterocycles. The molecule has 3 aromatic rings. The number of amides is 1. The minimum atomic E-state index is -0.0927. The number of likely N-dealkylation sites (tertiary alicyclic amines) is 1. The molecule has 4 rings (SSSR count). The molecule has 1 saturated heterocycles. The van der Waals surface area contributed by atoms with Crippen molar-refractivity contribution >= 4 is 17.1 Å². The highest BCUT2D eigenvalue weighted by molar-refractivity contribution is 5.96. The molecule has 1 N–H and O–H groups in total. The molecular formula is C18H19N5O2. The molecule has 1 aliphatic rings. The standard InChI is InChI=1S/C18H19N5O2/c24-11-15-5-3-7-23(15)18(25)13-8-16-17(20-9-13)22(12-21-16)10-14-4-1-2-6-19-14/h1-2,4,6,8-9,12,15,24H,3,5,7,10-11H2/t15-/m1/s1. The fourth-order valence-electron chi connectivity index (χ4n) is 3.31. The van der Waals surface area contributed by atoms with E-state index in [9.17, 15) is 9.90 Å². The van der Waals surface area contributed by atoms with Gasteiger partial charge in [-0.15, -0.1) is 0 Å². The van der Waals surface area contributed by atoms with Gasteiger partial charge in [0, 0.05) is 18.9 Å². The van der Waals surface area contributed by atoms with Gasteiger partial charge in [-0.1, -0.05) is 6.07 Å². The molecule has 7 nitrogen and oxygen atoms in total. The van der Waals surface area contributed by atoms with Crippen LogP contribution >= 0.6 is 0 Å². The number of hydrogen-bond acceptors (Lipinski definition) is 5. The van der Waals surface area contributed by atoms with Gasteiger partial charge in [0.25, 0.3) is 5.91 Å². The Kier molecular flexibility index (Phi) is 4.15. The summed E-state index contributed by atoms with van der Waals surface area (Å²) in [5.41, 5.74) is 2.84. The zero-order valence-electron chi connectivity index (χ0n) is 13.7. The fourth-order valence-corrected chi connectivity index (χ4v) is 3.31. The smallest absolute Gasteiger partial charge is 0.255 e. The highest BCUT2D eigenvalue weighted by Gasteiger charge is 2.29. The number of hydrogen-bond donors (Lipinski definition) is 1. The third-order valence-electron chi connectivity index (χ3n) is 4.61. The first-order chi connectivity index (χ1) is 12.3. The normalized spacial score (nSPS) is 17.3. The van der Waals surface area contributed by atoms with E-state index >= 15 is 0 Å². The molecule has 4 heterocycles. The molecule has 25 heavy (non-hydrogen) atoms. The number of imidazole rings is 1. The van der Waals surface area contributed by atoms with Gasteiger partial charge in [0.05, 0.1) is 36.8 Å². The van der Waals surface area contributed by atoms with E-state index < -0.39 is 0 Å². The topological polar surface area (TPSA) is 84.1 Å². The van der Waals surface area contributed by atoms with Gasteiger partial charge in [-0.2, -0.15) is 0 Å². The van der Waals surface area contributed by atoms with Crippen LogP contribution in [-0.2, 0) is 6.54 Å². The summed E-state index contributed by atoms with van der Waals surface area (Å²) in [5.74, 6) is -0.0924. The number of fused-ring (bicyclic) bond motifs is 1. The number of pyridine rings is 2. The highest BCUT2D eigenvalue weighted by atomic mass is 16.3. The Bertz CT molecular complexity index is 893. The summed E-state index contributed by atoms with van der Waals surface area (Å²) < 4.78 is 1.91. The number of carbonyl (C=O) groups is 1. The first kappa shape index (κ1) is 15.7. The van der Waals surface area contributed by atoms with Gasteiger partial charge in [-0.3, -0.25) is 9.78 Å². The maximum atomic E-state index is 12.7. The molecule has 128 valence electrons. The van der Waals surface area contributed by atoms with Crippen molar-refractivity contribution < 1.29 is 9.90 Å². The number of carbonyl (C=O) groups excluding carboxylic acids is 1. The Morgan fingerprint density at radius 3 is 3.00 bits per heavy atom. The lowest BCUT2D eigenvalue weighted by atomic mass is 10.2. The zero-order chi connectivity index (χ0) is 17.2. The first-order valence-electron chi connectivity index (χ1n) is 8.39. The number of aliphatic hydroxyl groups excluding tert-OH is 1. The average molecular weight is 337 g/mol. The van der Waals surface area contributed by atoms with Crippen molar-refractivity contribution in [2.45, 2.75) is 25.4 Å². The number of rotatable bonds is 4. The monoisotopic (exact) mass is 337 g/mol. The van der Waals surface area contributed by atoms with Crippen molar-refractivity contribution in [1.29, 1.82) is 0 Å². The van der Waals surface area contributed by atoms with E-state index in [1.165, 1.54) is 0 Å². The fraction of sp³-hybridized carbons (Fsp3) is 0.333. The quantitative estimate of drug-likeness (QED) is 0.779. The molecule has 3 aromatic heterocycles. The van der Waals surface area contributed by atoms with Crippen LogP contribution in [0.1, 0.15) is 28.9 Å². The third kappa shape index (κ3) is 2.98. The van der Waals surface area contributed by atoms with Crippen LogP contribution in [-0.4, -0.2) is 54.6 Å². The molecule has 0 unspecified atom stereocenters. The van der Waals surface area contributed by atoms with Crippen LogP contribution in [0, 0.1) is 0 Å². The summed E-state index contributed by atoms with van der Waals surface area (Å²) in [4.78, 5) is 27.6. The summed E-state index contributed by atoms with van der Waals surface area (Å²) in [6.45, 7) is 1.26. The van der Waals surface area contributed by atoms with E-state index in [0.717, 1.165) is 24.2 Å². The second-order valence-electron chi connectivity index (χ2n) is 6.24. The van der Waals surface area contributed by atoms with Crippen LogP contribution in [0.5, 0.6) is 0 Å². The average Bonchev–Trinajstić information content (AvgIpc) is 3.28. The minimum Gasteiger partial charge on any atom is -0.394 e. The van der Waals surface area contributed by atoms with Gasteiger partial charge in [0.1, 0.15) is 5.52 Å². The second-order valence-corrected chi connectivity index (χ2v) is 6.24. The van der Waals surface area contributed by atoms with E-state index in [1.54, 1.807) is 29.7 Å². The lowest BCUT2D eigenvalue weighted by Gasteiger charge is -2.22. The molecule has 0 aromatic carbocycles. The van der Waals surface area contributed by atoms with Gasteiger partial charge in [0.15, 0.2) is 5.65 Å². The first-order valence-corrected chi connectivity index (χ1v) is 8.39. The summed E-state index contributed by atoms with van der Waals surface area (Å²) in [7, 11) is 0. The van der Waals surface area contributed by atoms with Crippen molar-refractivity contribution in [1.82, 2.24) is 24.4 Å². The van der Waals surface area contributed by atoms with Crippen molar-refractivity contribution in [3.8, 4) is 0 Å². The van der Waals surface area contributed by atoms with Gasteiger partial charge >= 0.3 is 0 Å². The van der Waals surface area contributed by atoms with E-state index in [-0.39, 0.29) is 18.6 Å². The molecule has 1 atom stereocenters. The van der Waals surface area contributed by atoms with Gasteiger partial charge in [-0.05, 0) is 31.0 Å². The molecule has 7 heteroatoms. The van der Waals surface area contributed by atoms with Crippen LogP contribution in [0.4, 0.5) is 0 Å². The SMILES string of the molecule is O=C(c1cnc2c(c1)ncn2Cc1ccccn1)N1CCC[C@@H]1CO. The number of aromatic nitrogens is 4. The van der Waals surface area contributed by atoms with Crippen LogP contribution in [0.25, 0.3) is 11.2 Å². The Balaban J connectivity index is 1.60. The maximum Gasteiger partial charge on any atom is 0.255 e. The minimum absolute atomic E-state index is 0.000115. The summed E-state index contributed by atoms with van der Waals surface area (Å²) in [6.07, 6.45) is 6.83. The summed E-state index contributed by atoms with van der Waals surface area (Å²) in [6, 6.07) is 7.45.